The van der Waals surface area contributed by atoms with Crippen molar-refractivity contribution in [3.63, 3.8) is 0 Å². The number of hydrogen-bond acceptors (Lipinski definition) is 6. The van der Waals surface area contributed by atoms with E-state index < -0.39 is 34.6 Å². The van der Waals surface area contributed by atoms with Gasteiger partial charge in [-0.15, -0.1) is 0 Å². The maximum absolute atomic E-state index is 15.7. The first kappa shape index (κ1) is 28.6. The lowest BCUT2D eigenvalue weighted by Crippen LogP contribution is -2.55. The molecule has 0 bridgehead atoms. The number of halogens is 4. The summed E-state index contributed by atoms with van der Waals surface area (Å²) in [6.45, 7) is 5.57. The number of benzene rings is 1. The molecule has 2 aromatic heterocycles. The van der Waals surface area contributed by atoms with Gasteiger partial charge in [0.25, 0.3) is 5.91 Å². The number of aromatic amines is 1. The molecule has 2 aliphatic rings. The molecule has 0 radical (unpaired) electrons. The van der Waals surface area contributed by atoms with Gasteiger partial charge in [-0.25, -0.2) is 4.39 Å². The van der Waals surface area contributed by atoms with Gasteiger partial charge in [-0.3, -0.25) is 19.5 Å². The molecule has 0 unspecified atom stereocenters. The SMILES string of the molecule is C[C@@H]1CN(c2cc(F)c(-c3cncc(OCC4CC4)c3)cc2NC(=O)c2c[nH]c(=O)cc2C(F)(F)F)C[C@H](C)N1C. The summed E-state index contributed by atoms with van der Waals surface area (Å²) in [5.41, 5.74) is -2.17. The number of aromatic nitrogens is 2. The molecule has 1 aliphatic heterocycles. The van der Waals surface area contributed by atoms with Crippen LogP contribution in [0.2, 0.25) is 0 Å². The molecule has 0 spiro atoms. The van der Waals surface area contributed by atoms with E-state index in [0.29, 0.717) is 48.7 Å². The number of anilines is 2. The van der Waals surface area contributed by atoms with E-state index in [1.807, 2.05) is 25.8 Å². The Labute approximate surface area is 234 Å². The summed E-state index contributed by atoms with van der Waals surface area (Å²) < 4.78 is 62.6. The first-order valence-electron chi connectivity index (χ1n) is 13.4. The van der Waals surface area contributed by atoms with Crippen molar-refractivity contribution in [2.45, 2.75) is 44.9 Å². The van der Waals surface area contributed by atoms with E-state index in [4.69, 9.17) is 4.74 Å². The molecule has 3 heterocycles. The number of ether oxygens (including phenoxy) is 1. The standard InChI is InChI=1S/C29H31F4N5O3/c1-16-13-38(14-17(2)37(16)3)26-9-24(30)21(19-6-20(11-34-10-19)41-15-18-4-5-18)7-25(26)36-28(40)22-12-35-27(39)8-23(22)29(31,32)33/h6-12,16-18H,4-5,13-15H2,1-3H3,(H,35,39)(H,36,40)/t16-,17+. The summed E-state index contributed by atoms with van der Waals surface area (Å²) in [5.74, 6) is -0.715. The Bertz CT molecular complexity index is 1490. The molecule has 2 atom stereocenters. The van der Waals surface area contributed by atoms with Crippen LogP contribution in [0, 0.1) is 11.7 Å². The van der Waals surface area contributed by atoms with Crippen LogP contribution in [0.5, 0.6) is 5.75 Å². The second-order valence-electron chi connectivity index (χ2n) is 10.9. The third kappa shape index (κ3) is 6.37. The molecule has 2 fully saturated rings. The highest BCUT2D eigenvalue weighted by atomic mass is 19.4. The third-order valence-electron chi connectivity index (χ3n) is 7.72. The molecule has 1 aromatic carbocycles. The Morgan fingerprint density at radius 3 is 2.49 bits per heavy atom. The second-order valence-corrected chi connectivity index (χ2v) is 10.9. The lowest BCUT2D eigenvalue weighted by Gasteiger charge is -2.44. The molecule has 2 N–H and O–H groups in total. The van der Waals surface area contributed by atoms with Crippen molar-refractivity contribution >= 4 is 17.3 Å². The summed E-state index contributed by atoms with van der Waals surface area (Å²) >= 11 is 0. The summed E-state index contributed by atoms with van der Waals surface area (Å²) in [6, 6.07) is 4.84. The van der Waals surface area contributed by atoms with Gasteiger partial charge in [0.15, 0.2) is 0 Å². The molecule has 1 saturated heterocycles. The van der Waals surface area contributed by atoms with Gasteiger partial charge in [0.1, 0.15) is 11.6 Å². The maximum Gasteiger partial charge on any atom is 0.417 e. The molecule has 1 saturated carbocycles. The number of pyridine rings is 2. The van der Waals surface area contributed by atoms with Crippen molar-refractivity contribution in [3.8, 4) is 16.9 Å². The van der Waals surface area contributed by atoms with Crippen LogP contribution in [-0.4, -0.2) is 59.6 Å². The van der Waals surface area contributed by atoms with Crippen molar-refractivity contribution in [1.82, 2.24) is 14.9 Å². The van der Waals surface area contributed by atoms with Gasteiger partial charge in [0, 0.05) is 54.8 Å². The zero-order valence-corrected chi connectivity index (χ0v) is 22.9. The summed E-state index contributed by atoms with van der Waals surface area (Å²) in [4.78, 5) is 35.3. The second kappa shape index (κ2) is 11.2. The molecule has 3 aromatic rings. The molecule has 41 heavy (non-hydrogen) atoms. The largest absolute Gasteiger partial charge is 0.492 e. The lowest BCUT2D eigenvalue weighted by atomic mass is 10.0. The Morgan fingerprint density at radius 2 is 1.83 bits per heavy atom. The van der Waals surface area contributed by atoms with Gasteiger partial charge in [0.2, 0.25) is 5.56 Å². The number of rotatable bonds is 7. The Balaban J connectivity index is 1.55. The Morgan fingerprint density at radius 1 is 1.12 bits per heavy atom. The van der Waals surface area contributed by atoms with E-state index in [1.165, 1.54) is 24.5 Å². The van der Waals surface area contributed by atoms with Gasteiger partial charge in [0.05, 0.1) is 35.3 Å². The van der Waals surface area contributed by atoms with Gasteiger partial charge >= 0.3 is 6.18 Å². The van der Waals surface area contributed by atoms with Crippen molar-refractivity contribution in [3.05, 3.63) is 70.2 Å². The number of nitrogens with zero attached hydrogens (tertiary/aromatic N) is 3. The first-order chi connectivity index (χ1) is 19.4. The van der Waals surface area contributed by atoms with E-state index in [-0.39, 0.29) is 23.3 Å². The highest BCUT2D eigenvalue weighted by molar-refractivity contribution is 6.07. The van der Waals surface area contributed by atoms with Crippen LogP contribution in [0.15, 0.2) is 47.7 Å². The van der Waals surface area contributed by atoms with Gasteiger partial charge in [-0.05, 0) is 57.9 Å². The van der Waals surface area contributed by atoms with Crippen LogP contribution in [0.4, 0.5) is 28.9 Å². The maximum atomic E-state index is 15.7. The topological polar surface area (TPSA) is 90.6 Å². The Hall–Kier alpha value is -3.93. The van der Waals surface area contributed by atoms with Crippen LogP contribution < -0.4 is 20.5 Å². The molecule has 218 valence electrons. The van der Waals surface area contributed by atoms with Gasteiger partial charge < -0.3 is 19.9 Å². The minimum absolute atomic E-state index is 0.0885. The number of H-pyrrole nitrogens is 1. The summed E-state index contributed by atoms with van der Waals surface area (Å²) in [5, 5.41) is 2.56. The fourth-order valence-corrected chi connectivity index (χ4v) is 4.97. The molecule has 1 aliphatic carbocycles. The predicted molar refractivity (Wildman–Crippen MR) is 147 cm³/mol. The van der Waals surface area contributed by atoms with E-state index in [0.717, 1.165) is 19.0 Å². The number of alkyl halides is 3. The average molecular weight is 574 g/mol. The molecular weight excluding hydrogens is 542 g/mol. The van der Waals surface area contributed by atoms with E-state index >= 15 is 4.39 Å². The summed E-state index contributed by atoms with van der Waals surface area (Å²) in [7, 11) is 1.99. The molecule has 8 nitrogen and oxygen atoms in total. The number of piperazine rings is 1. The van der Waals surface area contributed by atoms with E-state index in [2.05, 4.69) is 20.2 Å². The number of carbonyl (C=O) groups excluding carboxylic acids is 1. The molecular formula is C29H31F4N5O3. The van der Waals surface area contributed by atoms with Crippen LogP contribution in [0.3, 0.4) is 0 Å². The minimum Gasteiger partial charge on any atom is -0.492 e. The normalized spacial score (nSPS) is 19.7. The number of amides is 1. The fraction of sp³-hybridized carbons (Fsp3) is 0.414. The number of hydrogen-bond donors (Lipinski definition) is 2. The monoisotopic (exact) mass is 573 g/mol. The Kier molecular flexibility index (Phi) is 7.78. The first-order valence-corrected chi connectivity index (χ1v) is 13.4. The molecule has 12 heteroatoms. The molecule has 1 amide bonds. The highest BCUT2D eigenvalue weighted by Gasteiger charge is 2.36. The van der Waals surface area contributed by atoms with Crippen molar-refractivity contribution in [1.29, 1.82) is 0 Å². The predicted octanol–water partition coefficient (Wildman–Crippen LogP) is 5.16. The number of carbonyl (C=O) groups is 1. The minimum atomic E-state index is -4.94. The number of nitrogens with one attached hydrogen (secondary N) is 2. The van der Waals surface area contributed by atoms with Gasteiger partial charge in [-0.2, -0.15) is 13.2 Å². The quantitative estimate of drug-likeness (QED) is 0.380. The average Bonchev–Trinajstić information content (AvgIpc) is 3.75. The van der Waals surface area contributed by atoms with Crippen LogP contribution in [0.1, 0.15) is 42.6 Å². The van der Waals surface area contributed by atoms with E-state index in [9.17, 15) is 22.8 Å². The van der Waals surface area contributed by atoms with Crippen LogP contribution in [-0.2, 0) is 6.18 Å². The number of likely N-dealkylation sites (N-methyl/N-ethyl adjacent to an activating group) is 1. The van der Waals surface area contributed by atoms with Gasteiger partial charge in [-0.1, -0.05) is 0 Å². The highest BCUT2D eigenvalue weighted by Crippen LogP contribution is 2.38. The zero-order valence-electron chi connectivity index (χ0n) is 22.9. The van der Waals surface area contributed by atoms with E-state index in [1.54, 1.807) is 6.07 Å². The third-order valence-corrected chi connectivity index (χ3v) is 7.72. The van der Waals surface area contributed by atoms with Crippen LogP contribution in [0.25, 0.3) is 11.1 Å². The van der Waals surface area contributed by atoms with Crippen LogP contribution >= 0.6 is 0 Å². The van der Waals surface area contributed by atoms with Crippen molar-refractivity contribution < 1.29 is 27.1 Å². The lowest BCUT2D eigenvalue weighted by molar-refractivity contribution is -0.138. The van der Waals surface area contributed by atoms with Crippen molar-refractivity contribution in [2.75, 3.05) is 37.0 Å². The molecule has 5 rings (SSSR count). The van der Waals surface area contributed by atoms with Crippen molar-refractivity contribution in [2.24, 2.45) is 5.92 Å². The smallest absolute Gasteiger partial charge is 0.417 e. The fourth-order valence-electron chi connectivity index (χ4n) is 4.97. The zero-order chi connectivity index (χ0) is 29.5. The summed E-state index contributed by atoms with van der Waals surface area (Å²) in [6.07, 6.45) is 0.976.